The van der Waals surface area contributed by atoms with Crippen LogP contribution in [0.1, 0.15) is 37.3 Å². The van der Waals surface area contributed by atoms with Crippen LogP contribution in [0.5, 0.6) is 0 Å². The third kappa shape index (κ3) is 3.67. The standard InChI is InChI=1S/C20H21N5O2/c1-2-18-23-19(27-24-18)14-7-5-8-15(13-14)22-20(26)25-12-6-10-17(25)16-9-3-4-11-21-16/h3-5,7-9,11,13,17H,2,6,10,12H2,1H3,(H,22,26). The van der Waals surface area contributed by atoms with E-state index < -0.39 is 0 Å². The van der Waals surface area contributed by atoms with Crippen LogP contribution in [0, 0.1) is 0 Å². The molecule has 7 heteroatoms. The lowest BCUT2D eigenvalue weighted by atomic mass is 10.1. The quantitative estimate of drug-likeness (QED) is 0.755. The van der Waals surface area contributed by atoms with Crippen molar-refractivity contribution in [2.24, 2.45) is 0 Å². The summed E-state index contributed by atoms with van der Waals surface area (Å²) >= 11 is 0. The SMILES string of the molecule is CCc1noc(-c2cccc(NC(=O)N3CCCC3c3ccccn3)c2)n1. The molecule has 1 saturated heterocycles. The minimum absolute atomic E-state index is 0.0115. The van der Waals surface area contributed by atoms with Gasteiger partial charge in [-0.05, 0) is 43.2 Å². The number of nitrogens with one attached hydrogen (secondary N) is 1. The second kappa shape index (κ2) is 7.57. The fourth-order valence-electron chi connectivity index (χ4n) is 3.33. The molecule has 138 valence electrons. The Kier molecular flexibility index (Phi) is 4.82. The van der Waals surface area contributed by atoms with Gasteiger partial charge >= 0.3 is 6.03 Å². The van der Waals surface area contributed by atoms with Gasteiger partial charge in [0.2, 0.25) is 0 Å². The highest BCUT2D eigenvalue weighted by atomic mass is 16.5. The van der Waals surface area contributed by atoms with Gasteiger partial charge in [0.05, 0.1) is 11.7 Å². The first kappa shape index (κ1) is 17.2. The Labute approximate surface area is 157 Å². The molecular formula is C20H21N5O2. The first-order valence-corrected chi connectivity index (χ1v) is 9.16. The molecule has 0 saturated carbocycles. The van der Waals surface area contributed by atoms with Crippen molar-refractivity contribution < 1.29 is 9.32 Å². The van der Waals surface area contributed by atoms with Crippen molar-refractivity contribution in [2.75, 3.05) is 11.9 Å². The smallest absolute Gasteiger partial charge is 0.322 e. The summed E-state index contributed by atoms with van der Waals surface area (Å²) in [6.07, 6.45) is 4.37. The van der Waals surface area contributed by atoms with Gasteiger partial charge in [0.15, 0.2) is 5.82 Å². The molecule has 1 aromatic carbocycles. The van der Waals surface area contributed by atoms with Gasteiger partial charge in [0.25, 0.3) is 5.89 Å². The Bertz CT molecular complexity index is 925. The largest absolute Gasteiger partial charge is 0.334 e. The summed E-state index contributed by atoms with van der Waals surface area (Å²) in [5.41, 5.74) is 2.40. The lowest BCUT2D eigenvalue weighted by Gasteiger charge is -2.24. The van der Waals surface area contributed by atoms with E-state index in [2.05, 4.69) is 20.4 Å². The average Bonchev–Trinajstić information content (AvgIpc) is 3.38. The number of benzene rings is 1. The number of urea groups is 1. The zero-order chi connectivity index (χ0) is 18.6. The Morgan fingerprint density at radius 2 is 2.22 bits per heavy atom. The molecule has 1 unspecified atom stereocenters. The number of pyridine rings is 1. The molecule has 0 radical (unpaired) electrons. The molecule has 2 aromatic heterocycles. The molecule has 1 fully saturated rings. The van der Waals surface area contributed by atoms with Gasteiger partial charge in [0, 0.05) is 30.4 Å². The van der Waals surface area contributed by atoms with Crippen LogP contribution in [-0.2, 0) is 6.42 Å². The molecule has 27 heavy (non-hydrogen) atoms. The summed E-state index contributed by atoms with van der Waals surface area (Å²) < 4.78 is 5.28. The van der Waals surface area contributed by atoms with E-state index in [4.69, 9.17) is 4.52 Å². The maximum Gasteiger partial charge on any atom is 0.322 e. The van der Waals surface area contributed by atoms with Crippen molar-refractivity contribution in [3.8, 4) is 11.5 Å². The summed E-state index contributed by atoms with van der Waals surface area (Å²) in [7, 11) is 0. The van der Waals surface area contributed by atoms with Crippen molar-refractivity contribution in [1.29, 1.82) is 0 Å². The van der Waals surface area contributed by atoms with E-state index in [-0.39, 0.29) is 12.1 Å². The predicted molar refractivity (Wildman–Crippen MR) is 101 cm³/mol. The lowest BCUT2D eigenvalue weighted by Crippen LogP contribution is -2.34. The number of rotatable bonds is 4. The van der Waals surface area contributed by atoms with Crippen LogP contribution in [0.4, 0.5) is 10.5 Å². The van der Waals surface area contributed by atoms with Crippen LogP contribution >= 0.6 is 0 Å². The number of nitrogens with zero attached hydrogens (tertiary/aromatic N) is 4. The molecule has 7 nitrogen and oxygen atoms in total. The Morgan fingerprint density at radius 1 is 1.30 bits per heavy atom. The number of carbonyl (C=O) groups is 1. The summed E-state index contributed by atoms with van der Waals surface area (Å²) in [4.78, 5) is 23.4. The van der Waals surface area contributed by atoms with Crippen LogP contribution in [0.25, 0.3) is 11.5 Å². The number of carbonyl (C=O) groups excluding carboxylic acids is 1. The maximum atomic E-state index is 12.8. The summed E-state index contributed by atoms with van der Waals surface area (Å²) in [5, 5.41) is 6.90. The number of aromatic nitrogens is 3. The van der Waals surface area contributed by atoms with Gasteiger partial charge in [-0.1, -0.05) is 24.2 Å². The normalized spacial score (nSPS) is 16.5. The van der Waals surface area contributed by atoms with Gasteiger partial charge in [-0.25, -0.2) is 4.79 Å². The third-order valence-corrected chi connectivity index (χ3v) is 4.69. The highest BCUT2D eigenvalue weighted by molar-refractivity contribution is 5.90. The summed E-state index contributed by atoms with van der Waals surface area (Å²) in [6.45, 7) is 2.69. The molecule has 3 aromatic rings. The Hall–Kier alpha value is -3.22. The van der Waals surface area contributed by atoms with Crippen molar-refractivity contribution in [1.82, 2.24) is 20.0 Å². The Morgan fingerprint density at radius 3 is 3.00 bits per heavy atom. The topological polar surface area (TPSA) is 84.2 Å². The van der Waals surface area contributed by atoms with Crippen molar-refractivity contribution in [2.45, 2.75) is 32.2 Å². The molecule has 1 aliphatic rings. The van der Waals surface area contributed by atoms with Crippen LogP contribution < -0.4 is 5.32 Å². The summed E-state index contributed by atoms with van der Waals surface area (Å²) in [6, 6.07) is 13.1. The fraction of sp³-hybridized carbons (Fsp3) is 0.300. The van der Waals surface area contributed by atoms with E-state index in [1.54, 1.807) is 6.20 Å². The van der Waals surface area contributed by atoms with Crippen molar-refractivity contribution in [3.05, 3.63) is 60.2 Å². The van der Waals surface area contributed by atoms with Crippen molar-refractivity contribution in [3.63, 3.8) is 0 Å². The third-order valence-electron chi connectivity index (χ3n) is 4.69. The molecule has 3 heterocycles. The molecule has 4 rings (SSSR count). The molecule has 0 bridgehead atoms. The minimum atomic E-state index is -0.125. The van der Waals surface area contributed by atoms with Crippen molar-refractivity contribution >= 4 is 11.7 Å². The number of likely N-dealkylation sites (tertiary alicyclic amines) is 1. The van der Waals surface area contributed by atoms with E-state index in [0.717, 1.165) is 30.6 Å². The second-order valence-corrected chi connectivity index (χ2v) is 6.49. The minimum Gasteiger partial charge on any atom is -0.334 e. The number of aryl methyl sites for hydroxylation is 1. The Balaban J connectivity index is 1.50. The predicted octanol–water partition coefficient (Wildman–Crippen LogP) is 4.06. The molecular weight excluding hydrogens is 342 g/mol. The van der Waals surface area contributed by atoms with Crippen LogP contribution in [0.3, 0.4) is 0 Å². The number of amides is 2. The van der Waals surface area contributed by atoms with Crippen LogP contribution in [-0.4, -0.2) is 32.6 Å². The number of anilines is 1. The van der Waals surface area contributed by atoms with E-state index in [0.29, 0.717) is 23.8 Å². The first-order valence-electron chi connectivity index (χ1n) is 9.16. The molecule has 1 atom stereocenters. The van der Waals surface area contributed by atoms with Gasteiger partial charge < -0.3 is 14.7 Å². The van der Waals surface area contributed by atoms with Crippen LogP contribution in [0.15, 0.2) is 53.2 Å². The highest BCUT2D eigenvalue weighted by Gasteiger charge is 2.30. The highest BCUT2D eigenvalue weighted by Crippen LogP contribution is 2.31. The number of hydrogen-bond donors (Lipinski definition) is 1. The van der Waals surface area contributed by atoms with Gasteiger partial charge in [-0.2, -0.15) is 4.98 Å². The zero-order valence-corrected chi connectivity index (χ0v) is 15.1. The van der Waals surface area contributed by atoms with Gasteiger partial charge in [0.1, 0.15) is 0 Å². The van der Waals surface area contributed by atoms with Gasteiger partial charge in [-0.3, -0.25) is 4.98 Å². The molecule has 0 aliphatic carbocycles. The first-order chi connectivity index (χ1) is 13.2. The van der Waals surface area contributed by atoms with E-state index in [1.807, 2.05) is 54.3 Å². The second-order valence-electron chi connectivity index (χ2n) is 6.49. The monoisotopic (exact) mass is 363 g/mol. The molecule has 1 N–H and O–H groups in total. The molecule has 0 spiro atoms. The van der Waals surface area contributed by atoms with E-state index in [1.165, 1.54) is 0 Å². The van der Waals surface area contributed by atoms with Gasteiger partial charge in [-0.15, -0.1) is 0 Å². The maximum absolute atomic E-state index is 12.8. The molecule has 2 amide bonds. The average molecular weight is 363 g/mol. The fourth-order valence-corrected chi connectivity index (χ4v) is 3.33. The van der Waals surface area contributed by atoms with E-state index in [9.17, 15) is 4.79 Å². The van der Waals surface area contributed by atoms with Crippen LogP contribution in [0.2, 0.25) is 0 Å². The number of hydrogen-bond acceptors (Lipinski definition) is 5. The lowest BCUT2D eigenvalue weighted by molar-refractivity contribution is 0.206. The van der Waals surface area contributed by atoms with E-state index >= 15 is 0 Å². The zero-order valence-electron chi connectivity index (χ0n) is 15.1. The summed E-state index contributed by atoms with van der Waals surface area (Å²) in [5.74, 6) is 1.12. The molecule has 1 aliphatic heterocycles.